The lowest BCUT2D eigenvalue weighted by molar-refractivity contribution is -0.0414. The van der Waals surface area contributed by atoms with Gasteiger partial charge in [-0.05, 0) is 58.0 Å². The van der Waals surface area contributed by atoms with Crippen molar-refractivity contribution in [3.8, 4) is 0 Å². The summed E-state index contributed by atoms with van der Waals surface area (Å²) in [4.78, 5) is 36.8. The van der Waals surface area contributed by atoms with Gasteiger partial charge in [0.15, 0.2) is 0 Å². The number of nitrogens with one attached hydrogen (secondary N) is 2. The first-order chi connectivity index (χ1) is 17.1. The Balaban J connectivity index is 1.57. The van der Waals surface area contributed by atoms with Crippen LogP contribution in [-0.2, 0) is 4.74 Å². The number of carbonyl (C=O) groups is 1. The number of fused-ring (bicyclic) bond motifs is 6. The fraction of sp³-hybridized carbons (Fsp3) is 0.440. The van der Waals surface area contributed by atoms with Crippen molar-refractivity contribution in [2.75, 3.05) is 43.4 Å². The lowest BCUT2D eigenvalue weighted by atomic mass is 9.91. The molecule has 1 fully saturated rings. The van der Waals surface area contributed by atoms with Crippen LogP contribution in [0.2, 0.25) is 5.15 Å². The van der Waals surface area contributed by atoms with Crippen LogP contribution in [0.1, 0.15) is 32.9 Å². The predicted molar refractivity (Wildman–Crippen MR) is 140 cm³/mol. The lowest BCUT2D eigenvalue weighted by Gasteiger charge is -2.55. The molecule has 10 nitrogen and oxygen atoms in total. The number of carbonyl (C=O) groups excluding carboxylic acids is 1. The molecule has 3 aromatic rings. The molecular weight excluding hydrogens is 480 g/mol. The molecular formula is C25H29ClN8O2. The van der Waals surface area contributed by atoms with Crippen LogP contribution in [0, 0.1) is 0 Å². The number of aromatic nitrogens is 4. The fourth-order valence-electron chi connectivity index (χ4n) is 5.29. The Hall–Kier alpha value is -3.37. The second-order valence-electron chi connectivity index (χ2n) is 10.6. The number of hydrogen-bond donors (Lipinski definition) is 2. The van der Waals surface area contributed by atoms with Crippen LogP contribution in [0.5, 0.6) is 0 Å². The average molecular weight is 509 g/mol. The quantitative estimate of drug-likeness (QED) is 0.435. The summed E-state index contributed by atoms with van der Waals surface area (Å²) in [5, 5.41) is 4.66. The van der Waals surface area contributed by atoms with Crippen LogP contribution in [0.4, 0.5) is 22.1 Å². The highest BCUT2D eigenvalue weighted by atomic mass is 35.5. The van der Waals surface area contributed by atoms with E-state index >= 15 is 0 Å². The minimum Gasteiger partial charge on any atom is -0.444 e. The molecule has 7 bridgehead atoms. The maximum Gasteiger partial charge on any atom is 0.412 e. The van der Waals surface area contributed by atoms with Crippen molar-refractivity contribution >= 4 is 51.6 Å². The topological polar surface area (TPSA) is 103 Å². The van der Waals surface area contributed by atoms with Gasteiger partial charge in [0.2, 0.25) is 0 Å². The van der Waals surface area contributed by atoms with Crippen molar-refractivity contribution in [1.82, 2.24) is 29.7 Å². The van der Waals surface area contributed by atoms with Gasteiger partial charge in [0, 0.05) is 37.1 Å². The number of pyridine rings is 1. The molecule has 3 aliphatic heterocycles. The molecule has 0 aliphatic carbocycles. The van der Waals surface area contributed by atoms with Crippen molar-refractivity contribution in [3.63, 3.8) is 0 Å². The number of piperazine rings is 1. The van der Waals surface area contributed by atoms with Gasteiger partial charge >= 0.3 is 6.09 Å². The summed E-state index contributed by atoms with van der Waals surface area (Å²) >= 11 is 6.47. The number of halogens is 1. The Morgan fingerprint density at radius 3 is 2.81 bits per heavy atom. The van der Waals surface area contributed by atoms with E-state index in [1.807, 2.05) is 31.7 Å². The Bertz CT molecular complexity index is 1400. The van der Waals surface area contributed by atoms with E-state index in [2.05, 4.69) is 54.2 Å². The van der Waals surface area contributed by atoms with Crippen LogP contribution < -0.4 is 10.2 Å². The molecule has 1 spiro atoms. The summed E-state index contributed by atoms with van der Waals surface area (Å²) in [5.74, 6) is 1.42. The number of nitrogens with zero attached hydrogens (tertiary/aromatic N) is 6. The van der Waals surface area contributed by atoms with Crippen LogP contribution in [0.25, 0.3) is 16.6 Å². The number of anilines is 3. The standard InChI is InChI=1S/C25H29ClN8O2/c1-24(2,3)36-23(35)34-6-5-15-12-25(34)13-33(8-7-32(25)4)20-10-16(9-19(26)31-20)29-21-17-11-18(15)30-22(17)28-14-27-21/h9-12,14H,5-8,13H2,1-4H3,(H2,27,28,29,30). The molecule has 0 aromatic carbocycles. The Kier molecular flexibility index (Phi) is 5.17. The molecule has 36 heavy (non-hydrogen) atoms. The Morgan fingerprint density at radius 2 is 2.00 bits per heavy atom. The largest absolute Gasteiger partial charge is 0.444 e. The lowest BCUT2D eigenvalue weighted by Crippen LogP contribution is -2.70. The third-order valence-corrected chi connectivity index (χ3v) is 7.21. The molecule has 3 aliphatic rings. The van der Waals surface area contributed by atoms with Gasteiger partial charge in [0.25, 0.3) is 0 Å². The van der Waals surface area contributed by atoms with Gasteiger partial charge in [-0.15, -0.1) is 0 Å². The molecule has 0 saturated carbocycles. The van der Waals surface area contributed by atoms with Crippen LogP contribution in [0.3, 0.4) is 0 Å². The Morgan fingerprint density at radius 1 is 1.17 bits per heavy atom. The van der Waals surface area contributed by atoms with Gasteiger partial charge in [0.05, 0.1) is 11.9 Å². The molecule has 6 heterocycles. The van der Waals surface area contributed by atoms with E-state index in [9.17, 15) is 4.79 Å². The van der Waals surface area contributed by atoms with Crippen molar-refractivity contribution < 1.29 is 9.53 Å². The molecule has 1 amide bonds. The first-order valence-corrected chi connectivity index (χ1v) is 12.5. The number of ether oxygens (including phenoxy) is 1. The van der Waals surface area contributed by atoms with Gasteiger partial charge in [0.1, 0.15) is 40.0 Å². The third kappa shape index (κ3) is 3.84. The van der Waals surface area contributed by atoms with Gasteiger partial charge in [-0.3, -0.25) is 9.80 Å². The smallest absolute Gasteiger partial charge is 0.412 e. The van der Waals surface area contributed by atoms with Crippen molar-refractivity contribution in [2.45, 2.75) is 38.5 Å². The fourth-order valence-corrected chi connectivity index (χ4v) is 5.49. The number of likely N-dealkylation sites (N-methyl/N-ethyl adjacent to an activating group) is 1. The molecule has 2 N–H and O–H groups in total. The highest BCUT2D eigenvalue weighted by Crippen LogP contribution is 2.40. The van der Waals surface area contributed by atoms with Crippen molar-refractivity contribution in [1.29, 1.82) is 0 Å². The number of rotatable bonds is 0. The summed E-state index contributed by atoms with van der Waals surface area (Å²) in [6.07, 6.45) is 4.08. The van der Waals surface area contributed by atoms with Crippen LogP contribution in [0.15, 0.2) is 30.6 Å². The zero-order chi connectivity index (χ0) is 25.2. The summed E-state index contributed by atoms with van der Waals surface area (Å²) < 4.78 is 5.87. The SMILES string of the molecule is CN1CCN2CC13C=C(CCN3C(=O)OC(C)(C)C)c1cc3c(ncnc3[nH]1)Nc1cc(Cl)nc2c1. The molecule has 1 saturated heterocycles. The summed E-state index contributed by atoms with van der Waals surface area (Å²) in [5.41, 5.74) is 2.25. The highest BCUT2D eigenvalue weighted by Gasteiger charge is 2.49. The van der Waals surface area contributed by atoms with E-state index in [-0.39, 0.29) is 6.09 Å². The number of H-pyrrole nitrogens is 1. The molecule has 6 rings (SSSR count). The normalized spacial score (nSPS) is 21.9. The van der Waals surface area contributed by atoms with Crippen LogP contribution >= 0.6 is 11.6 Å². The molecule has 1 unspecified atom stereocenters. The van der Waals surface area contributed by atoms with Gasteiger partial charge in [-0.1, -0.05) is 11.6 Å². The molecule has 11 heteroatoms. The average Bonchev–Trinajstić information content (AvgIpc) is 3.24. The first-order valence-electron chi connectivity index (χ1n) is 12.1. The Labute approximate surface area is 214 Å². The minimum atomic E-state index is -0.744. The molecule has 1 atom stereocenters. The summed E-state index contributed by atoms with van der Waals surface area (Å²) in [6.45, 7) is 8.16. The van der Waals surface area contributed by atoms with Gasteiger partial charge in [-0.2, -0.15) is 0 Å². The zero-order valence-electron chi connectivity index (χ0n) is 20.8. The minimum absolute atomic E-state index is 0.331. The first kappa shape index (κ1) is 23.1. The number of aromatic amines is 1. The second kappa shape index (κ2) is 8.07. The number of amides is 1. The van der Waals surface area contributed by atoms with Crippen molar-refractivity contribution in [3.05, 3.63) is 41.4 Å². The maximum absolute atomic E-state index is 13.5. The highest BCUT2D eigenvalue weighted by molar-refractivity contribution is 6.29. The van der Waals surface area contributed by atoms with E-state index in [1.54, 1.807) is 6.07 Å². The monoisotopic (exact) mass is 508 g/mol. The maximum atomic E-state index is 13.5. The summed E-state index contributed by atoms with van der Waals surface area (Å²) in [7, 11) is 2.05. The van der Waals surface area contributed by atoms with Crippen LogP contribution in [-0.4, -0.2) is 80.3 Å². The van der Waals surface area contributed by atoms with E-state index in [4.69, 9.17) is 16.3 Å². The second-order valence-corrected chi connectivity index (χ2v) is 11.0. The van der Waals surface area contributed by atoms with Gasteiger partial charge in [-0.25, -0.2) is 19.7 Å². The molecule has 188 valence electrons. The van der Waals surface area contributed by atoms with E-state index in [1.165, 1.54) is 6.33 Å². The number of hydrogen-bond acceptors (Lipinski definition) is 8. The van der Waals surface area contributed by atoms with Gasteiger partial charge < -0.3 is 19.9 Å². The summed E-state index contributed by atoms with van der Waals surface area (Å²) in [6, 6.07) is 5.82. The molecule has 3 aromatic heterocycles. The van der Waals surface area contributed by atoms with E-state index in [0.717, 1.165) is 46.9 Å². The third-order valence-electron chi connectivity index (χ3n) is 7.02. The van der Waals surface area contributed by atoms with Crippen molar-refractivity contribution in [2.24, 2.45) is 0 Å². The van der Waals surface area contributed by atoms with E-state index in [0.29, 0.717) is 30.5 Å². The zero-order valence-corrected chi connectivity index (χ0v) is 21.6. The van der Waals surface area contributed by atoms with E-state index < -0.39 is 11.3 Å². The molecule has 0 radical (unpaired) electrons. The predicted octanol–water partition coefficient (Wildman–Crippen LogP) is 4.24.